The van der Waals surface area contributed by atoms with Gasteiger partial charge in [-0.1, -0.05) is 17.8 Å². The first-order chi connectivity index (χ1) is 12.6. The SMILES string of the molecule is COc1ccc(-c2nc(SCCCOc3cc(C)cc(C)c3)n[nH]2)cc1. The number of aromatic amines is 1. The normalized spacial score (nSPS) is 10.7. The smallest absolute Gasteiger partial charge is 0.208 e. The summed E-state index contributed by atoms with van der Waals surface area (Å²) in [4.78, 5) is 4.53. The third-order valence-electron chi connectivity index (χ3n) is 3.81. The van der Waals surface area contributed by atoms with E-state index in [1.807, 2.05) is 24.3 Å². The third kappa shape index (κ3) is 5.02. The first kappa shape index (κ1) is 18.3. The Bertz CT molecular complexity index is 826. The van der Waals surface area contributed by atoms with Gasteiger partial charge in [-0.2, -0.15) is 0 Å². The topological polar surface area (TPSA) is 60.0 Å². The van der Waals surface area contributed by atoms with E-state index in [4.69, 9.17) is 9.47 Å². The molecule has 0 amide bonds. The van der Waals surface area contributed by atoms with Crippen LogP contribution in [0.25, 0.3) is 11.4 Å². The summed E-state index contributed by atoms with van der Waals surface area (Å²) >= 11 is 1.63. The fourth-order valence-corrected chi connectivity index (χ4v) is 3.33. The van der Waals surface area contributed by atoms with Crippen LogP contribution in [0.5, 0.6) is 11.5 Å². The number of methoxy groups -OCH3 is 1. The molecule has 0 aliphatic rings. The minimum absolute atomic E-state index is 0.686. The monoisotopic (exact) mass is 369 g/mol. The molecule has 136 valence electrons. The van der Waals surface area contributed by atoms with E-state index in [-0.39, 0.29) is 0 Å². The number of rotatable bonds is 8. The molecule has 3 rings (SSSR count). The molecule has 2 aromatic carbocycles. The summed E-state index contributed by atoms with van der Waals surface area (Å²) in [5, 5.41) is 8.01. The van der Waals surface area contributed by atoms with Gasteiger partial charge in [0, 0.05) is 11.3 Å². The molecule has 0 aliphatic heterocycles. The molecule has 26 heavy (non-hydrogen) atoms. The van der Waals surface area contributed by atoms with Crippen molar-refractivity contribution in [2.75, 3.05) is 19.5 Å². The molecule has 1 aromatic heterocycles. The number of hydrogen-bond donors (Lipinski definition) is 1. The number of aromatic nitrogens is 3. The highest BCUT2D eigenvalue weighted by atomic mass is 32.2. The molecule has 0 saturated carbocycles. The lowest BCUT2D eigenvalue weighted by molar-refractivity contribution is 0.318. The molecule has 0 saturated heterocycles. The quantitative estimate of drug-likeness (QED) is 0.462. The molecular weight excluding hydrogens is 346 g/mol. The number of ether oxygens (including phenoxy) is 2. The average molecular weight is 369 g/mol. The van der Waals surface area contributed by atoms with Gasteiger partial charge in [-0.25, -0.2) is 4.98 Å². The average Bonchev–Trinajstić information content (AvgIpc) is 3.09. The number of nitrogens with zero attached hydrogens (tertiary/aromatic N) is 2. The van der Waals surface area contributed by atoms with Gasteiger partial charge in [-0.05, 0) is 67.8 Å². The van der Waals surface area contributed by atoms with Crippen LogP contribution >= 0.6 is 11.8 Å². The minimum atomic E-state index is 0.686. The maximum atomic E-state index is 5.83. The van der Waals surface area contributed by atoms with Crippen LogP contribution in [0.3, 0.4) is 0 Å². The number of thioether (sulfide) groups is 1. The minimum Gasteiger partial charge on any atom is -0.497 e. The molecule has 1 N–H and O–H groups in total. The lowest BCUT2D eigenvalue weighted by Gasteiger charge is -2.07. The second kappa shape index (κ2) is 8.76. The molecule has 1 heterocycles. The zero-order chi connectivity index (χ0) is 18.4. The molecular formula is C20H23N3O2S. The Morgan fingerprint density at radius 3 is 2.42 bits per heavy atom. The van der Waals surface area contributed by atoms with E-state index in [1.165, 1.54) is 11.1 Å². The summed E-state index contributed by atoms with van der Waals surface area (Å²) in [5.74, 6) is 3.44. The number of benzene rings is 2. The van der Waals surface area contributed by atoms with Crippen LogP contribution < -0.4 is 9.47 Å². The van der Waals surface area contributed by atoms with Gasteiger partial charge in [-0.3, -0.25) is 5.10 Å². The predicted molar refractivity (Wildman–Crippen MR) is 105 cm³/mol. The van der Waals surface area contributed by atoms with Crippen LogP contribution in [-0.4, -0.2) is 34.7 Å². The van der Waals surface area contributed by atoms with E-state index in [2.05, 4.69) is 47.2 Å². The molecule has 0 atom stereocenters. The number of aryl methyl sites for hydroxylation is 2. The predicted octanol–water partition coefficient (Wildman–Crippen LogP) is 4.66. The maximum absolute atomic E-state index is 5.83. The zero-order valence-electron chi connectivity index (χ0n) is 15.3. The lowest BCUT2D eigenvalue weighted by atomic mass is 10.1. The van der Waals surface area contributed by atoms with E-state index in [0.29, 0.717) is 6.61 Å². The maximum Gasteiger partial charge on any atom is 0.208 e. The second-order valence-electron chi connectivity index (χ2n) is 6.07. The van der Waals surface area contributed by atoms with Crippen molar-refractivity contribution < 1.29 is 9.47 Å². The van der Waals surface area contributed by atoms with Crippen molar-refractivity contribution in [3.05, 3.63) is 53.6 Å². The van der Waals surface area contributed by atoms with Crippen molar-refractivity contribution >= 4 is 11.8 Å². The molecule has 0 fully saturated rings. The van der Waals surface area contributed by atoms with Crippen molar-refractivity contribution in [2.45, 2.75) is 25.4 Å². The van der Waals surface area contributed by atoms with Crippen LogP contribution in [0.2, 0.25) is 0 Å². The molecule has 5 nitrogen and oxygen atoms in total. The Hall–Kier alpha value is -2.47. The Labute approximate surface area is 158 Å². The van der Waals surface area contributed by atoms with Gasteiger partial charge in [-0.15, -0.1) is 5.10 Å². The summed E-state index contributed by atoms with van der Waals surface area (Å²) < 4.78 is 11.0. The van der Waals surface area contributed by atoms with Crippen molar-refractivity contribution in [2.24, 2.45) is 0 Å². The van der Waals surface area contributed by atoms with Crippen LogP contribution in [-0.2, 0) is 0 Å². The van der Waals surface area contributed by atoms with Crippen molar-refractivity contribution in [3.63, 3.8) is 0 Å². The Balaban J connectivity index is 1.44. The highest BCUT2D eigenvalue weighted by molar-refractivity contribution is 7.99. The third-order valence-corrected chi connectivity index (χ3v) is 4.75. The van der Waals surface area contributed by atoms with E-state index in [1.54, 1.807) is 18.9 Å². The summed E-state index contributed by atoms with van der Waals surface area (Å²) in [5.41, 5.74) is 3.44. The molecule has 0 unspecified atom stereocenters. The van der Waals surface area contributed by atoms with Crippen molar-refractivity contribution in [3.8, 4) is 22.9 Å². The van der Waals surface area contributed by atoms with Gasteiger partial charge >= 0.3 is 0 Å². The molecule has 0 radical (unpaired) electrons. The fraction of sp³-hybridized carbons (Fsp3) is 0.300. The second-order valence-corrected chi connectivity index (χ2v) is 7.13. The lowest BCUT2D eigenvalue weighted by Crippen LogP contribution is -1.99. The highest BCUT2D eigenvalue weighted by Crippen LogP contribution is 2.22. The van der Waals surface area contributed by atoms with Gasteiger partial charge in [0.2, 0.25) is 5.16 Å². The van der Waals surface area contributed by atoms with E-state index < -0.39 is 0 Å². The molecule has 6 heteroatoms. The zero-order valence-corrected chi connectivity index (χ0v) is 16.1. The fourth-order valence-electron chi connectivity index (χ4n) is 2.62. The number of nitrogens with one attached hydrogen (secondary N) is 1. The van der Waals surface area contributed by atoms with Crippen molar-refractivity contribution in [1.29, 1.82) is 0 Å². The largest absolute Gasteiger partial charge is 0.497 e. The van der Waals surface area contributed by atoms with Gasteiger partial charge < -0.3 is 9.47 Å². The Morgan fingerprint density at radius 2 is 1.73 bits per heavy atom. The molecule has 3 aromatic rings. The van der Waals surface area contributed by atoms with Gasteiger partial charge in [0.25, 0.3) is 0 Å². The van der Waals surface area contributed by atoms with E-state index in [0.717, 1.165) is 40.2 Å². The first-order valence-electron chi connectivity index (χ1n) is 8.55. The Kier molecular flexibility index (Phi) is 6.17. The highest BCUT2D eigenvalue weighted by Gasteiger charge is 2.06. The molecule has 0 spiro atoms. The van der Waals surface area contributed by atoms with Crippen LogP contribution in [0.1, 0.15) is 17.5 Å². The summed E-state index contributed by atoms with van der Waals surface area (Å²) in [6, 6.07) is 14.0. The van der Waals surface area contributed by atoms with Crippen LogP contribution in [0.4, 0.5) is 0 Å². The van der Waals surface area contributed by atoms with E-state index in [9.17, 15) is 0 Å². The molecule has 0 bridgehead atoms. The number of H-pyrrole nitrogens is 1. The van der Waals surface area contributed by atoms with Crippen molar-refractivity contribution in [1.82, 2.24) is 15.2 Å². The summed E-state index contributed by atoms with van der Waals surface area (Å²) in [6.07, 6.45) is 0.935. The van der Waals surface area contributed by atoms with E-state index >= 15 is 0 Å². The van der Waals surface area contributed by atoms with Gasteiger partial charge in [0.05, 0.1) is 13.7 Å². The standard InChI is InChI=1S/C20H23N3O2S/c1-14-11-15(2)13-18(12-14)25-9-4-10-26-20-21-19(22-23-20)16-5-7-17(24-3)8-6-16/h5-8,11-13H,4,9-10H2,1-3H3,(H,21,22,23). The number of hydrogen-bond acceptors (Lipinski definition) is 5. The Morgan fingerprint density at radius 1 is 1.00 bits per heavy atom. The summed E-state index contributed by atoms with van der Waals surface area (Å²) in [6.45, 7) is 4.85. The molecule has 0 aliphatic carbocycles. The van der Waals surface area contributed by atoms with Crippen LogP contribution in [0.15, 0.2) is 47.6 Å². The van der Waals surface area contributed by atoms with Crippen LogP contribution in [0, 0.1) is 13.8 Å². The van der Waals surface area contributed by atoms with Gasteiger partial charge in [0.1, 0.15) is 11.5 Å². The first-order valence-corrected chi connectivity index (χ1v) is 9.53. The summed E-state index contributed by atoms with van der Waals surface area (Å²) in [7, 11) is 1.65. The van der Waals surface area contributed by atoms with Gasteiger partial charge in [0.15, 0.2) is 5.82 Å².